The second-order valence-corrected chi connectivity index (χ2v) is 2.99. The molecule has 13 heavy (non-hydrogen) atoms. The van der Waals surface area contributed by atoms with E-state index in [9.17, 15) is 0 Å². The highest BCUT2D eigenvalue weighted by Gasteiger charge is 2.27. The van der Waals surface area contributed by atoms with Gasteiger partial charge >= 0.3 is 0 Å². The van der Waals surface area contributed by atoms with Gasteiger partial charge < -0.3 is 0 Å². The van der Waals surface area contributed by atoms with Gasteiger partial charge in [0.25, 0.3) is 0 Å². The van der Waals surface area contributed by atoms with Crippen molar-refractivity contribution < 1.29 is 0 Å². The molecule has 1 rings (SSSR count). The van der Waals surface area contributed by atoms with Gasteiger partial charge in [-0.1, -0.05) is 37.3 Å². The first-order valence-electron chi connectivity index (χ1n) is 4.44. The molecule has 0 aromatic heterocycles. The number of nitrogens with one attached hydrogen (secondary N) is 1. The SMILES string of the molecule is CCC(C#N)(NC)c1ccccc1. The van der Waals surface area contributed by atoms with E-state index in [1.54, 1.807) is 0 Å². The summed E-state index contributed by atoms with van der Waals surface area (Å²) in [6.45, 7) is 2.01. The van der Waals surface area contributed by atoms with Crippen LogP contribution in [0.15, 0.2) is 30.3 Å². The lowest BCUT2D eigenvalue weighted by atomic mass is 9.89. The third-order valence-electron chi connectivity index (χ3n) is 2.41. The molecular weight excluding hydrogens is 160 g/mol. The third kappa shape index (κ3) is 1.71. The van der Waals surface area contributed by atoms with Crippen molar-refractivity contribution in [2.24, 2.45) is 0 Å². The van der Waals surface area contributed by atoms with Gasteiger partial charge in [0.15, 0.2) is 0 Å². The van der Waals surface area contributed by atoms with Gasteiger partial charge in [-0.25, -0.2) is 0 Å². The Morgan fingerprint density at radius 2 is 2.00 bits per heavy atom. The minimum Gasteiger partial charge on any atom is -0.299 e. The molecule has 0 aliphatic rings. The Hall–Kier alpha value is -1.33. The van der Waals surface area contributed by atoms with E-state index in [0.29, 0.717) is 0 Å². The van der Waals surface area contributed by atoms with Crippen molar-refractivity contribution in [3.63, 3.8) is 0 Å². The van der Waals surface area contributed by atoms with Crippen LogP contribution in [0.4, 0.5) is 0 Å². The molecule has 1 unspecified atom stereocenters. The van der Waals surface area contributed by atoms with Crippen molar-refractivity contribution in [2.45, 2.75) is 18.9 Å². The van der Waals surface area contributed by atoms with Crippen LogP contribution in [0.2, 0.25) is 0 Å². The lowest BCUT2D eigenvalue weighted by molar-refractivity contribution is 0.453. The van der Waals surface area contributed by atoms with Crippen molar-refractivity contribution in [3.05, 3.63) is 35.9 Å². The van der Waals surface area contributed by atoms with E-state index in [2.05, 4.69) is 11.4 Å². The van der Waals surface area contributed by atoms with Crippen LogP contribution >= 0.6 is 0 Å². The van der Waals surface area contributed by atoms with Crippen LogP contribution in [-0.2, 0) is 5.54 Å². The van der Waals surface area contributed by atoms with Gasteiger partial charge in [0.2, 0.25) is 0 Å². The summed E-state index contributed by atoms with van der Waals surface area (Å²) in [4.78, 5) is 0. The average molecular weight is 174 g/mol. The largest absolute Gasteiger partial charge is 0.299 e. The maximum atomic E-state index is 9.12. The predicted octanol–water partition coefficient (Wildman–Crippen LogP) is 2.03. The van der Waals surface area contributed by atoms with E-state index in [0.717, 1.165) is 12.0 Å². The van der Waals surface area contributed by atoms with Gasteiger partial charge in [-0.05, 0) is 19.0 Å². The third-order valence-corrected chi connectivity index (χ3v) is 2.41. The molecule has 0 spiro atoms. The summed E-state index contributed by atoms with van der Waals surface area (Å²) in [5.41, 5.74) is 0.504. The van der Waals surface area contributed by atoms with Crippen molar-refractivity contribution in [1.29, 1.82) is 5.26 Å². The van der Waals surface area contributed by atoms with Crippen molar-refractivity contribution in [3.8, 4) is 6.07 Å². The van der Waals surface area contributed by atoms with Gasteiger partial charge in [-0.3, -0.25) is 5.32 Å². The molecule has 1 atom stereocenters. The first-order valence-corrected chi connectivity index (χ1v) is 4.44. The van der Waals surface area contributed by atoms with Gasteiger partial charge in [0.05, 0.1) is 6.07 Å². The molecule has 0 fully saturated rings. The first-order chi connectivity index (χ1) is 6.29. The molecule has 0 aliphatic carbocycles. The Kier molecular flexibility index (Phi) is 3.05. The van der Waals surface area contributed by atoms with Crippen LogP contribution in [0.3, 0.4) is 0 Å². The topological polar surface area (TPSA) is 35.8 Å². The molecule has 0 heterocycles. The molecule has 0 saturated carbocycles. The summed E-state index contributed by atoms with van der Waals surface area (Å²) >= 11 is 0. The zero-order chi connectivity index (χ0) is 9.73. The Morgan fingerprint density at radius 3 is 2.38 bits per heavy atom. The standard InChI is InChI=1S/C11H14N2/c1-3-11(9-12,13-2)10-7-5-4-6-8-10/h4-8,13H,3H2,1-2H3. The smallest absolute Gasteiger partial charge is 0.131 e. The molecule has 1 N–H and O–H groups in total. The zero-order valence-corrected chi connectivity index (χ0v) is 8.04. The van der Waals surface area contributed by atoms with E-state index in [1.165, 1.54) is 0 Å². The summed E-state index contributed by atoms with van der Waals surface area (Å²) in [6.07, 6.45) is 0.768. The summed E-state index contributed by atoms with van der Waals surface area (Å²) < 4.78 is 0. The number of nitriles is 1. The molecule has 2 nitrogen and oxygen atoms in total. The fraction of sp³-hybridized carbons (Fsp3) is 0.364. The summed E-state index contributed by atoms with van der Waals surface area (Å²) in [6, 6.07) is 12.1. The Balaban J connectivity index is 3.10. The van der Waals surface area contributed by atoms with Gasteiger partial charge in [0, 0.05) is 0 Å². The number of hydrogen-bond acceptors (Lipinski definition) is 2. The van der Waals surface area contributed by atoms with E-state index < -0.39 is 5.54 Å². The maximum absolute atomic E-state index is 9.12. The van der Waals surface area contributed by atoms with E-state index >= 15 is 0 Å². The number of hydrogen-bond donors (Lipinski definition) is 1. The predicted molar refractivity (Wildman–Crippen MR) is 53.1 cm³/mol. The second-order valence-electron chi connectivity index (χ2n) is 2.99. The highest BCUT2D eigenvalue weighted by Crippen LogP contribution is 2.22. The van der Waals surface area contributed by atoms with Gasteiger partial charge in [0.1, 0.15) is 5.54 Å². The lowest BCUT2D eigenvalue weighted by Crippen LogP contribution is -2.37. The number of benzene rings is 1. The van der Waals surface area contributed by atoms with Gasteiger partial charge in [-0.15, -0.1) is 0 Å². The summed E-state index contributed by atoms with van der Waals surface area (Å²) in [7, 11) is 1.82. The molecule has 0 bridgehead atoms. The average Bonchev–Trinajstić information content (AvgIpc) is 2.23. The highest BCUT2D eigenvalue weighted by molar-refractivity contribution is 5.30. The molecule has 0 radical (unpaired) electrons. The fourth-order valence-corrected chi connectivity index (χ4v) is 1.45. The van der Waals surface area contributed by atoms with Crippen LogP contribution in [-0.4, -0.2) is 7.05 Å². The summed E-state index contributed by atoms with van der Waals surface area (Å²) in [5.74, 6) is 0. The fourth-order valence-electron chi connectivity index (χ4n) is 1.45. The molecule has 0 saturated heterocycles. The normalized spacial score (nSPS) is 14.5. The van der Waals surface area contributed by atoms with E-state index in [-0.39, 0.29) is 0 Å². The minimum absolute atomic E-state index is 0.527. The Morgan fingerprint density at radius 1 is 1.38 bits per heavy atom. The van der Waals surface area contributed by atoms with Crippen LogP contribution in [0.5, 0.6) is 0 Å². The maximum Gasteiger partial charge on any atom is 0.131 e. The molecular formula is C11H14N2. The Bertz CT molecular complexity index is 294. The number of rotatable bonds is 3. The molecule has 0 amide bonds. The van der Waals surface area contributed by atoms with Gasteiger partial charge in [-0.2, -0.15) is 5.26 Å². The Labute approximate surface area is 79.2 Å². The van der Waals surface area contributed by atoms with Crippen molar-refractivity contribution in [1.82, 2.24) is 5.32 Å². The van der Waals surface area contributed by atoms with E-state index in [1.807, 2.05) is 44.3 Å². The molecule has 1 aromatic carbocycles. The van der Waals surface area contributed by atoms with Crippen molar-refractivity contribution >= 4 is 0 Å². The second kappa shape index (κ2) is 4.06. The number of nitrogens with zero attached hydrogens (tertiary/aromatic N) is 1. The summed E-state index contributed by atoms with van der Waals surface area (Å²) in [5, 5.41) is 12.2. The van der Waals surface area contributed by atoms with Crippen LogP contribution in [0.25, 0.3) is 0 Å². The van der Waals surface area contributed by atoms with Crippen LogP contribution < -0.4 is 5.32 Å². The van der Waals surface area contributed by atoms with Crippen LogP contribution in [0, 0.1) is 11.3 Å². The molecule has 0 aliphatic heterocycles. The lowest BCUT2D eigenvalue weighted by Gasteiger charge is -2.24. The monoisotopic (exact) mass is 174 g/mol. The van der Waals surface area contributed by atoms with Crippen LogP contribution in [0.1, 0.15) is 18.9 Å². The first kappa shape index (κ1) is 9.76. The zero-order valence-electron chi connectivity index (χ0n) is 8.04. The molecule has 1 aromatic rings. The molecule has 68 valence electrons. The quantitative estimate of drug-likeness (QED) is 0.761. The van der Waals surface area contributed by atoms with Crippen molar-refractivity contribution in [2.75, 3.05) is 7.05 Å². The minimum atomic E-state index is -0.527. The van der Waals surface area contributed by atoms with E-state index in [4.69, 9.17) is 5.26 Å². The molecule has 2 heteroatoms. The highest BCUT2D eigenvalue weighted by atomic mass is 14.9.